The quantitative estimate of drug-likeness (QED) is 0.837. The average Bonchev–Trinajstić information content (AvgIpc) is 2.77. The number of carbonyl (C=O) groups excluding carboxylic acids is 1. The molecule has 0 N–H and O–H groups in total. The van der Waals surface area contributed by atoms with Crippen LogP contribution in [0.2, 0.25) is 0 Å². The molecule has 0 aromatic carbocycles. The van der Waals surface area contributed by atoms with Gasteiger partial charge in [0.05, 0.1) is 5.69 Å². The Kier molecular flexibility index (Phi) is 4.51. The highest BCUT2D eigenvalue weighted by molar-refractivity contribution is 5.78. The first-order valence-corrected chi connectivity index (χ1v) is 8.81. The Bertz CT molecular complexity index is 588. The third-order valence-corrected chi connectivity index (χ3v) is 5.36. The van der Waals surface area contributed by atoms with Crippen molar-refractivity contribution in [2.24, 2.45) is 0 Å². The van der Waals surface area contributed by atoms with Crippen molar-refractivity contribution in [1.29, 1.82) is 0 Å². The van der Waals surface area contributed by atoms with E-state index < -0.39 is 0 Å². The predicted molar refractivity (Wildman–Crippen MR) is 95.2 cm³/mol. The fourth-order valence-corrected chi connectivity index (χ4v) is 3.37. The smallest absolute Gasteiger partial charge is 0.222 e. The molecule has 2 aliphatic rings. The van der Waals surface area contributed by atoms with Crippen LogP contribution in [0.1, 0.15) is 39.3 Å². The minimum atomic E-state index is 0.0357. The Morgan fingerprint density at radius 1 is 1.25 bits per heavy atom. The zero-order chi connectivity index (χ0) is 17.5. The van der Waals surface area contributed by atoms with E-state index in [1.165, 1.54) is 0 Å². The van der Waals surface area contributed by atoms with Gasteiger partial charge in [0, 0.05) is 50.6 Å². The molecule has 132 valence electrons. The highest BCUT2D eigenvalue weighted by Gasteiger charge is 2.35. The second kappa shape index (κ2) is 6.31. The van der Waals surface area contributed by atoms with E-state index in [-0.39, 0.29) is 11.3 Å². The number of nitrogens with zero attached hydrogens (tertiary/aromatic N) is 5. The van der Waals surface area contributed by atoms with Crippen LogP contribution < -0.4 is 4.90 Å². The van der Waals surface area contributed by atoms with E-state index in [4.69, 9.17) is 0 Å². The number of amides is 1. The van der Waals surface area contributed by atoms with Crippen molar-refractivity contribution in [2.45, 2.75) is 51.1 Å². The number of likely N-dealkylation sites (N-methyl/N-ethyl adjacent to an activating group) is 2. The maximum atomic E-state index is 11.6. The van der Waals surface area contributed by atoms with Gasteiger partial charge >= 0.3 is 0 Å². The number of rotatable bonds is 4. The van der Waals surface area contributed by atoms with Crippen LogP contribution in [0.4, 0.5) is 5.82 Å². The van der Waals surface area contributed by atoms with Crippen molar-refractivity contribution in [3.63, 3.8) is 0 Å². The molecule has 0 radical (unpaired) electrons. The van der Waals surface area contributed by atoms with Gasteiger partial charge in [-0.3, -0.25) is 9.69 Å². The molecule has 0 spiro atoms. The van der Waals surface area contributed by atoms with Gasteiger partial charge < -0.3 is 9.80 Å². The third-order valence-electron chi connectivity index (χ3n) is 5.36. The number of likely N-dealkylation sites (tertiary alicyclic amines) is 1. The first-order chi connectivity index (χ1) is 11.3. The van der Waals surface area contributed by atoms with Crippen LogP contribution in [0.3, 0.4) is 0 Å². The Hall–Kier alpha value is -1.69. The van der Waals surface area contributed by atoms with Gasteiger partial charge in [-0.15, -0.1) is 5.10 Å². The van der Waals surface area contributed by atoms with Gasteiger partial charge in [-0.05, 0) is 25.6 Å². The molecule has 0 aliphatic carbocycles. The number of hydrogen-bond donors (Lipinski definition) is 0. The van der Waals surface area contributed by atoms with Crippen molar-refractivity contribution < 1.29 is 4.79 Å². The molecule has 1 aromatic heterocycles. The van der Waals surface area contributed by atoms with Crippen molar-refractivity contribution >= 4 is 11.7 Å². The lowest BCUT2D eigenvalue weighted by Crippen LogP contribution is -2.60. The van der Waals surface area contributed by atoms with Gasteiger partial charge in [0.25, 0.3) is 0 Å². The number of hydrogen-bond acceptors (Lipinski definition) is 5. The van der Waals surface area contributed by atoms with Crippen molar-refractivity contribution in [3.8, 4) is 0 Å². The lowest BCUT2D eigenvalue weighted by molar-refractivity contribution is -0.127. The molecular weight excluding hydrogens is 302 g/mol. The fraction of sp³-hybridized carbons (Fsp3) is 0.722. The van der Waals surface area contributed by atoms with Crippen molar-refractivity contribution in [3.05, 3.63) is 17.8 Å². The molecule has 3 rings (SSSR count). The van der Waals surface area contributed by atoms with Gasteiger partial charge in [0.2, 0.25) is 5.91 Å². The summed E-state index contributed by atoms with van der Waals surface area (Å²) in [5, 5.41) is 8.77. The molecule has 2 saturated heterocycles. The van der Waals surface area contributed by atoms with E-state index >= 15 is 0 Å². The van der Waals surface area contributed by atoms with Crippen molar-refractivity contribution in [1.82, 2.24) is 20.0 Å². The van der Waals surface area contributed by atoms with Crippen LogP contribution in [0.25, 0.3) is 0 Å². The largest absolute Gasteiger partial charge is 0.352 e. The van der Waals surface area contributed by atoms with Gasteiger partial charge in [-0.1, -0.05) is 20.8 Å². The van der Waals surface area contributed by atoms with E-state index in [9.17, 15) is 4.79 Å². The van der Waals surface area contributed by atoms with Gasteiger partial charge in [-0.25, -0.2) is 0 Å². The van der Waals surface area contributed by atoms with Crippen LogP contribution in [-0.4, -0.2) is 71.7 Å². The van der Waals surface area contributed by atoms with Crippen LogP contribution in [-0.2, 0) is 10.2 Å². The zero-order valence-electron chi connectivity index (χ0n) is 15.5. The predicted octanol–water partition coefficient (Wildman–Crippen LogP) is 1.52. The number of anilines is 1. The number of carbonyl (C=O) groups is 1. The van der Waals surface area contributed by atoms with Gasteiger partial charge in [-0.2, -0.15) is 5.10 Å². The summed E-state index contributed by atoms with van der Waals surface area (Å²) >= 11 is 0. The van der Waals surface area contributed by atoms with E-state index in [2.05, 4.69) is 59.9 Å². The molecule has 24 heavy (non-hydrogen) atoms. The van der Waals surface area contributed by atoms with E-state index in [0.717, 1.165) is 37.6 Å². The van der Waals surface area contributed by atoms with Gasteiger partial charge in [0.15, 0.2) is 5.82 Å². The molecule has 1 aromatic rings. The molecule has 6 heteroatoms. The van der Waals surface area contributed by atoms with Crippen LogP contribution in [0, 0.1) is 0 Å². The molecule has 1 unspecified atom stereocenters. The molecule has 0 saturated carbocycles. The summed E-state index contributed by atoms with van der Waals surface area (Å²) in [7, 11) is 4.08. The molecule has 2 fully saturated rings. The van der Waals surface area contributed by atoms with Crippen LogP contribution in [0.15, 0.2) is 12.1 Å². The van der Waals surface area contributed by atoms with Crippen molar-refractivity contribution in [2.75, 3.05) is 38.6 Å². The standard InChI is InChI=1S/C18H29N5O/c1-18(2,3)15-7-8-16(20-19-15)23-11-14(12-23)21(4)10-13-6-9-17(24)22(13)5/h7-8,13-14H,6,9-12H2,1-5H3. The maximum absolute atomic E-state index is 11.6. The summed E-state index contributed by atoms with van der Waals surface area (Å²) in [6.45, 7) is 9.35. The molecule has 2 aliphatic heterocycles. The highest BCUT2D eigenvalue weighted by Crippen LogP contribution is 2.25. The zero-order valence-corrected chi connectivity index (χ0v) is 15.5. The van der Waals surface area contributed by atoms with Gasteiger partial charge in [0.1, 0.15) is 0 Å². The Labute approximate surface area is 144 Å². The Morgan fingerprint density at radius 3 is 2.46 bits per heavy atom. The Morgan fingerprint density at radius 2 is 1.96 bits per heavy atom. The summed E-state index contributed by atoms with van der Waals surface area (Å²) in [5.74, 6) is 1.23. The Balaban J connectivity index is 1.51. The summed E-state index contributed by atoms with van der Waals surface area (Å²) in [6.07, 6.45) is 1.68. The summed E-state index contributed by atoms with van der Waals surface area (Å²) in [5.41, 5.74) is 1.06. The maximum Gasteiger partial charge on any atom is 0.222 e. The monoisotopic (exact) mass is 331 g/mol. The average molecular weight is 331 g/mol. The van der Waals surface area contributed by atoms with Crippen LogP contribution >= 0.6 is 0 Å². The fourth-order valence-electron chi connectivity index (χ4n) is 3.37. The lowest BCUT2D eigenvalue weighted by atomic mass is 9.92. The van der Waals surface area contributed by atoms with E-state index in [1.54, 1.807) is 0 Å². The van der Waals surface area contributed by atoms with E-state index in [1.807, 2.05) is 11.9 Å². The first kappa shape index (κ1) is 17.1. The minimum Gasteiger partial charge on any atom is -0.352 e. The molecule has 1 atom stereocenters. The SMILES string of the molecule is CN(CC1CCC(=O)N1C)C1CN(c2ccc(C(C)(C)C)nn2)C1. The lowest BCUT2D eigenvalue weighted by Gasteiger charge is -2.45. The third kappa shape index (κ3) is 3.38. The minimum absolute atomic E-state index is 0.0357. The second-order valence-corrected chi connectivity index (χ2v) is 8.22. The molecule has 1 amide bonds. The number of aromatic nitrogens is 2. The summed E-state index contributed by atoms with van der Waals surface area (Å²) in [4.78, 5) is 18.2. The topological polar surface area (TPSA) is 52.6 Å². The summed E-state index contributed by atoms with van der Waals surface area (Å²) in [6, 6.07) is 5.05. The normalized spacial score (nSPS) is 22.4. The second-order valence-electron chi connectivity index (χ2n) is 8.22. The molecule has 0 bridgehead atoms. The molecule has 3 heterocycles. The first-order valence-electron chi connectivity index (χ1n) is 8.81. The van der Waals surface area contributed by atoms with E-state index in [0.29, 0.717) is 18.5 Å². The summed E-state index contributed by atoms with van der Waals surface area (Å²) < 4.78 is 0. The molecular formula is C18H29N5O. The molecule has 6 nitrogen and oxygen atoms in total. The van der Waals surface area contributed by atoms with Crippen LogP contribution in [0.5, 0.6) is 0 Å². The highest BCUT2D eigenvalue weighted by atomic mass is 16.2.